The Bertz CT molecular complexity index is 3080. The second-order valence-corrected chi connectivity index (χ2v) is 28.8. The van der Waals surface area contributed by atoms with Crippen LogP contribution < -0.4 is 4.90 Å². The Morgan fingerprint density at radius 2 is 1.45 bits per heavy atom. The van der Waals surface area contributed by atoms with E-state index in [2.05, 4.69) is 123 Å². The molecular weight excluding hydrogens is 969 g/mol. The van der Waals surface area contributed by atoms with Crippen molar-refractivity contribution in [2.75, 3.05) is 73.4 Å². The smallest absolute Gasteiger partial charge is 0.294 e. The molecule has 2 N–H and O–H groups in total. The SMILES string of the molecule is CC1(C)C(/C=C/C2=C(OC3=CCC4C(=C3)CCC3C4CCC4(C)C(=O)CCC34)C(=C/C=C3/N(CCC[N+](C)(C)C)c4ccc(S(=O)(=O)O)cc4C3(C)C)/CCC2)=[N+](CCC[N+](C)(C)C)c2ccc(S(=O)(=O)O)cc21. The molecule has 0 bridgehead atoms. The molecule has 2 aliphatic heterocycles. The van der Waals surface area contributed by atoms with Gasteiger partial charge >= 0.3 is 0 Å². The molecule has 14 heteroatoms. The van der Waals surface area contributed by atoms with E-state index in [-0.39, 0.29) is 15.2 Å². The van der Waals surface area contributed by atoms with Crippen LogP contribution in [0.1, 0.15) is 123 Å². The number of hydrogen-bond acceptors (Lipinski definition) is 7. The second kappa shape index (κ2) is 19.5. The van der Waals surface area contributed by atoms with Gasteiger partial charge in [-0.25, -0.2) is 0 Å². The number of ketones is 1. The average Bonchev–Trinajstić information content (AvgIpc) is 3.81. The zero-order chi connectivity index (χ0) is 53.6. The first-order valence-corrected chi connectivity index (χ1v) is 30.1. The Morgan fingerprint density at radius 1 is 0.770 bits per heavy atom. The average molecular weight is 1050 g/mol. The summed E-state index contributed by atoms with van der Waals surface area (Å²) in [4.78, 5) is 15.2. The molecule has 0 saturated heterocycles. The third-order valence-corrected chi connectivity index (χ3v) is 19.9. The Labute approximate surface area is 442 Å². The van der Waals surface area contributed by atoms with E-state index in [0.717, 1.165) is 169 Å². The van der Waals surface area contributed by atoms with E-state index in [4.69, 9.17) is 4.74 Å². The molecule has 9 rings (SSSR count). The topological polar surface area (TPSA) is 141 Å². The van der Waals surface area contributed by atoms with Crippen molar-refractivity contribution in [3.05, 3.63) is 118 Å². The van der Waals surface area contributed by atoms with Crippen LogP contribution in [0.15, 0.2) is 117 Å². The molecular formula is C60H83N4O8S2+3. The van der Waals surface area contributed by atoms with E-state index in [1.54, 1.807) is 12.1 Å². The lowest BCUT2D eigenvalue weighted by atomic mass is 9.52. The number of hydrogen-bond donors (Lipinski definition) is 2. The summed E-state index contributed by atoms with van der Waals surface area (Å²) >= 11 is 0. The standard InChI is InChI=1S/C60H81N4O8S2/c1-58(2)50-38-44(73(66,67)68)21-26-52(50)61(33-13-35-63(6,7)8)54(58)28-18-40-15-12-16-41(19-29-55-59(3,4)51-39-45(74(69,70)71)22-27-53(51)62(55)34-14-36-64(9,10)11)57(40)72-43-20-24-46-42(37-43)17-23-48-47(46)31-32-60(5)49(48)25-30-56(60)65/h18-22,26-29,37-39,46-49H,12-17,23-25,30-36H2,1-11H3/q+1/p+2. The predicted molar refractivity (Wildman–Crippen MR) is 294 cm³/mol. The van der Waals surface area contributed by atoms with Gasteiger partial charge in [0.05, 0.1) is 77.0 Å². The molecule has 0 amide bonds. The summed E-state index contributed by atoms with van der Waals surface area (Å²) in [5, 5.41) is 0. The normalized spacial score (nSPS) is 27.9. The maximum atomic E-state index is 13.1. The summed E-state index contributed by atoms with van der Waals surface area (Å²) in [6.07, 6.45) is 24.6. The molecule has 12 nitrogen and oxygen atoms in total. The van der Waals surface area contributed by atoms with Crippen LogP contribution in [0.5, 0.6) is 0 Å². The monoisotopic (exact) mass is 1050 g/mol. The Balaban J connectivity index is 1.12. The number of nitrogens with zero attached hydrogens (tertiary/aromatic N) is 4. The highest BCUT2D eigenvalue weighted by Gasteiger charge is 2.56. The summed E-state index contributed by atoms with van der Waals surface area (Å²) in [5.74, 6) is 4.29. The highest BCUT2D eigenvalue weighted by molar-refractivity contribution is 7.86. The van der Waals surface area contributed by atoms with Crippen LogP contribution in [0.3, 0.4) is 0 Å². The van der Waals surface area contributed by atoms with E-state index in [1.165, 1.54) is 17.7 Å². The third kappa shape index (κ3) is 10.5. The van der Waals surface area contributed by atoms with Crippen molar-refractivity contribution in [2.45, 2.75) is 132 Å². The first-order chi connectivity index (χ1) is 34.5. The van der Waals surface area contributed by atoms with Crippen LogP contribution >= 0.6 is 0 Å². The van der Waals surface area contributed by atoms with Gasteiger partial charge in [-0.2, -0.15) is 21.4 Å². The van der Waals surface area contributed by atoms with E-state index >= 15 is 0 Å². The zero-order valence-corrected chi connectivity index (χ0v) is 47.6. The molecule has 0 aromatic heterocycles. The van der Waals surface area contributed by atoms with E-state index in [1.807, 2.05) is 12.1 Å². The number of ether oxygens (including phenoxy) is 1. The first-order valence-electron chi connectivity index (χ1n) is 27.2. The number of rotatable bonds is 15. The van der Waals surface area contributed by atoms with E-state index in [0.29, 0.717) is 29.5 Å². The van der Waals surface area contributed by atoms with Gasteiger partial charge in [-0.1, -0.05) is 32.4 Å². The lowest BCUT2D eigenvalue weighted by molar-refractivity contribution is -0.871. The van der Waals surface area contributed by atoms with Gasteiger partial charge in [-0.15, -0.1) is 0 Å². The number of carbonyl (C=O) groups is 1. The maximum Gasteiger partial charge on any atom is 0.294 e. The summed E-state index contributed by atoms with van der Waals surface area (Å²) < 4.78 is 81.4. The summed E-state index contributed by atoms with van der Waals surface area (Å²) in [5.41, 5.74) is 7.90. The van der Waals surface area contributed by atoms with Gasteiger partial charge in [0.25, 0.3) is 20.2 Å². The fraction of sp³-hybridized carbons (Fsp3) is 0.567. The molecule has 2 aromatic carbocycles. The quantitative estimate of drug-likeness (QED) is 0.101. The summed E-state index contributed by atoms with van der Waals surface area (Å²) in [6.45, 7) is 14.1. The molecule has 0 spiro atoms. The third-order valence-electron chi connectivity index (χ3n) is 18.2. The maximum absolute atomic E-state index is 13.1. The molecule has 3 saturated carbocycles. The van der Waals surface area contributed by atoms with Crippen molar-refractivity contribution in [1.29, 1.82) is 0 Å². The number of allylic oxidation sites excluding steroid dienone is 10. The van der Waals surface area contributed by atoms with Crippen molar-refractivity contribution in [3.8, 4) is 0 Å². The van der Waals surface area contributed by atoms with Crippen LogP contribution in [0, 0.1) is 29.1 Å². The molecule has 0 radical (unpaired) electrons. The molecule has 7 aliphatic rings. The molecule has 400 valence electrons. The molecule has 3 fully saturated rings. The van der Waals surface area contributed by atoms with Crippen molar-refractivity contribution in [1.82, 2.24) is 0 Å². The highest BCUT2D eigenvalue weighted by Crippen LogP contribution is 2.61. The number of anilines is 1. The molecule has 5 aliphatic carbocycles. The van der Waals surface area contributed by atoms with Gasteiger partial charge in [0.15, 0.2) is 12.3 Å². The van der Waals surface area contributed by atoms with Gasteiger partial charge in [0.2, 0.25) is 5.69 Å². The van der Waals surface area contributed by atoms with Gasteiger partial charge in [-0.05, 0) is 167 Å². The summed E-state index contributed by atoms with van der Waals surface area (Å²) in [6, 6.07) is 9.91. The minimum absolute atomic E-state index is 0.115. The van der Waals surface area contributed by atoms with Crippen LogP contribution in [0.25, 0.3) is 0 Å². The van der Waals surface area contributed by atoms with Crippen molar-refractivity contribution >= 4 is 43.1 Å². The first kappa shape index (κ1) is 54.4. The fourth-order valence-corrected chi connectivity index (χ4v) is 15.2. The molecule has 74 heavy (non-hydrogen) atoms. The van der Waals surface area contributed by atoms with E-state index in [9.17, 15) is 30.7 Å². The van der Waals surface area contributed by atoms with Gasteiger partial charge in [0.1, 0.15) is 17.3 Å². The van der Waals surface area contributed by atoms with Crippen molar-refractivity contribution in [3.63, 3.8) is 0 Å². The van der Waals surface area contributed by atoms with Crippen molar-refractivity contribution in [2.24, 2.45) is 29.1 Å². The number of benzene rings is 2. The number of fused-ring (bicyclic) bond motifs is 7. The number of Topliss-reactive ketones (excluding diaryl/α,β-unsaturated/α-hetero) is 1. The van der Waals surface area contributed by atoms with E-state index < -0.39 is 31.1 Å². The molecule has 5 unspecified atom stereocenters. The minimum Gasteiger partial charge on any atom is -0.457 e. The second-order valence-electron chi connectivity index (χ2n) is 25.9. The number of carbonyl (C=O) groups excluding carboxylic acids is 1. The van der Waals surface area contributed by atoms with Crippen LogP contribution in [0.2, 0.25) is 0 Å². The van der Waals surface area contributed by atoms with Gasteiger partial charge in [0, 0.05) is 59.3 Å². The largest absolute Gasteiger partial charge is 0.457 e. The highest BCUT2D eigenvalue weighted by atomic mass is 32.2. The molecule has 5 atom stereocenters. The molecule has 2 heterocycles. The Morgan fingerprint density at radius 3 is 2.14 bits per heavy atom. The Kier molecular flexibility index (Phi) is 14.3. The van der Waals surface area contributed by atoms with Crippen LogP contribution in [-0.4, -0.2) is 119 Å². The minimum atomic E-state index is -4.42. The lowest BCUT2D eigenvalue weighted by Crippen LogP contribution is -2.46. The van der Waals surface area contributed by atoms with Crippen LogP contribution in [-0.2, 0) is 40.6 Å². The number of quaternary nitrogens is 2. The summed E-state index contributed by atoms with van der Waals surface area (Å²) in [7, 11) is 4.27. The molecule has 2 aromatic rings. The zero-order valence-electron chi connectivity index (χ0n) is 46.0. The van der Waals surface area contributed by atoms with Gasteiger partial charge in [-0.3, -0.25) is 13.9 Å². The predicted octanol–water partition coefficient (Wildman–Crippen LogP) is 11.0. The van der Waals surface area contributed by atoms with Gasteiger partial charge < -0.3 is 18.6 Å². The fourth-order valence-electron chi connectivity index (χ4n) is 14.2. The lowest BCUT2D eigenvalue weighted by Gasteiger charge is -2.51. The van der Waals surface area contributed by atoms with Crippen molar-refractivity contribution < 1.29 is 49.0 Å². The Hall–Kier alpha value is -4.44. The van der Waals surface area contributed by atoms with Crippen LogP contribution in [0.4, 0.5) is 11.4 Å².